The van der Waals surface area contributed by atoms with Crippen molar-refractivity contribution < 1.29 is 13.5 Å². The van der Waals surface area contributed by atoms with Gasteiger partial charge in [-0.2, -0.15) is 0 Å². The van der Waals surface area contributed by atoms with E-state index in [2.05, 4.69) is 20.7 Å². The number of nitrogens with one attached hydrogen (secondary N) is 1. The Balaban J connectivity index is 2.12. The van der Waals surface area contributed by atoms with Gasteiger partial charge in [0, 0.05) is 11.0 Å². The number of halogens is 1. The Morgan fingerprint density at radius 2 is 2.16 bits per heavy atom. The quantitative estimate of drug-likeness (QED) is 0.877. The number of benzene rings is 1. The summed E-state index contributed by atoms with van der Waals surface area (Å²) in [6, 6.07) is 5.18. The standard InChI is InChI=1S/C13H18BrNO3S/c1-9-5-6-11(14)7-13(9)19(17,18)15-8-10-3-2-4-12(10)16/h5-7,10,12,15-16H,2-4,8H2,1H3. The molecule has 0 heterocycles. The van der Waals surface area contributed by atoms with Crippen LogP contribution >= 0.6 is 15.9 Å². The highest BCUT2D eigenvalue weighted by atomic mass is 79.9. The molecule has 1 fully saturated rings. The number of rotatable bonds is 4. The van der Waals surface area contributed by atoms with Crippen molar-refractivity contribution in [2.45, 2.75) is 37.2 Å². The van der Waals surface area contributed by atoms with Crippen molar-refractivity contribution >= 4 is 26.0 Å². The van der Waals surface area contributed by atoms with Crippen LogP contribution in [-0.2, 0) is 10.0 Å². The predicted molar refractivity (Wildman–Crippen MR) is 77.4 cm³/mol. The lowest BCUT2D eigenvalue weighted by Crippen LogP contribution is -2.32. The van der Waals surface area contributed by atoms with Crippen LogP contribution in [0.25, 0.3) is 0 Å². The van der Waals surface area contributed by atoms with E-state index in [0.717, 1.165) is 23.7 Å². The van der Waals surface area contributed by atoms with Crippen LogP contribution in [0.4, 0.5) is 0 Å². The highest BCUT2D eigenvalue weighted by Gasteiger charge is 2.27. The van der Waals surface area contributed by atoms with Crippen molar-refractivity contribution in [3.63, 3.8) is 0 Å². The van der Waals surface area contributed by atoms with Crippen LogP contribution in [0.5, 0.6) is 0 Å². The van der Waals surface area contributed by atoms with Crippen molar-refractivity contribution in [1.29, 1.82) is 0 Å². The second kappa shape index (κ2) is 5.91. The van der Waals surface area contributed by atoms with Gasteiger partial charge in [0.15, 0.2) is 0 Å². The van der Waals surface area contributed by atoms with Crippen molar-refractivity contribution in [1.82, 2.24) is 4.72 Å². The van der Waals surface area contributed by atoms with Gasteiger partial charge in [0.2, 0.25) is 10.0 Å². The fourth-order valence-electron chi connectivity index (χ4n) is 2.41. The SMILES string of the molecule is Cc1ccc(Br)cc1S(=O)(=O)NCC1CCCC1O. The molecule has 4 nitrogen and oxygen atoms in total. The second-order valence-electron chi connectivity index (χ2n) is 5.02. The highest BCUT2D eigenvalue weighted by molar-refractivity contribution is 9.10. The van der Waals surface area contributed by atoms with Gasteiger partial charge in [0.1, 0.15) is 0 Å². The number of hydrogen-bond acceptors (Lipinski definition) is 3. The van der Waals surface area contributed by atoms with E-state index in [1.54, 1.807) is 19.1 Å². The zero-order valence-electron chi connectivity index (χ0n) is 10.8. The summed E-state index contributed by atoms with van der Waals surface area (Å²) in [6.45, 7) is 2.07. The van der Waals surface area contributed by atoms with E-state index in [-0.39, 0.29) is 16.9 Å². The smallest absolute Gasteiger partial charge is 0.240 e. The van der Waals surface area contributed by atoms with Crippen molar-refractivity contribution in [2.75, 3.05) is 6.54 Å². The van der Waals surface area contributed by atoms with Gasteiger partial charge in [0.25, 0.3) is 0 Å². The molecule has 2 unspecified atom stereocenters. The number of sulfonamides is 1. The van der Waals surface area contributed by atoms with Crippen LogP contribution in [0, 0.1) is 12.8 Å². The summed E-state index contributed by atoms with van der Waals surface area (Å²) in [4.78, 5) is 0.286. The molecule has 1 aromatic rings. The second-order valence-corrected chi connectivity index (χ2v) is 7.67. The largest absolute Gasteiger partial charge is 0.393 e. The molecule has 0 radical (unpaired) electrons. The molecular weight excluding hydrogens is 330 g/mol. The molecule has 106 valence electrons. The van der Waals surface area contributed by atoms with Gasteiger partial charge in [0.05, 0.1) is 11.0 Å². The van der Waals surface area contributed by atoms with Crippen LogP contribution in [0.2, 0.25) is 0 Å². The van der Waals surface area contributed by atoms with Crippen LogP contribution in [0.15, 0.2) is 27.6 Å². The third kappa shape index (κ3) is 3.56. The maximum absolute atomic E-state index is 12.3. The molecule has 2 N–H and O–H groups in total. The van der Waals surface area contributed by atoms with E-state index in [1.165, 1.54) is 0 Å². The van der Waals surface area contributed by atoms with E-state index in [4.69, 9.17) is 0 Å². The first-order chi connectivity index (χ1) is 8.90. The van der Waals surface area contributed by atoms with Gasteiger partial charge in [-0.3, -0.25) is 0 Å². The minimum absolute atomic E-state index is 0.0298. The Labute approximate surface area is 122 Å². The Morgan fingerprint density at radius 3 is 2.79 bits per heavy atom. The zero-order valence-corrected chi connectivity index (χ0v) is 13.2. The molecule has 1 aliphatic carbocycles. The van der Waals surface area contributed by atoms with E-state index in [1.807, 2.05) is 6.07 Å². The monoisotopic (exact) mass is 347 g/mol. The summed E-state index contributed by atoms with van der Waals surface area (Å²) in [7, 11) is -3.52. The first kappa shape index (κ1) is 15.0. The van der Waals surface area contributed by atoms with Crippen molar-refractivity contribution in [3.05, 3.63) is 28.2 Å². The Kier molecular flexibility index (Phi) is 4.66. The summed E-state index contributed by atoms with van der Waals surface area (Å²) in [5.41, 5.74) is 0.711. The Hall–Kier alpha value is -0.430. The molecule has 0 aliphatic heterocycles. The highest BCUT2D eigenvalue weighted by Crippen LogP contribution is 2.26. The average Bonchev–Trinajstić information content (AvgIpc) is 2.75. The molecular formula is C13H18BrNO3S. The van der Waals surface area contributed by atoms with Crippen LogP contribution in [-0.4, -0.2) is 26.2 Å². The van der Waals surface area contributed by atoms with E-state index < -0.39 is 10.0 Å². The predicted octanol–water partition coefficient (Wildman–Crippen LogP) is 2.20. The molecule has 0 aromatic heterocycles. The molecule has 6 heteroatoms. The van der Waals surface area contributed by atoms with E-state index >= 15 is 0 Å². The fraction of sp³-hybridized carbons (Fsp3) is 0.538. The lowest BCUT2D eigenvalue weighted by molar-refractivity contribution is 0.134. The average molecular weight is 348 g/mol. The maximum Gasteiger partial charge on any atom is 0.240 e. The molecule has 0 bridgehead atoms. The Bertz CT molecular complexity index is 559. The minimum atomic E-state index is -3.52. The van der Waals surface area contributed by atoms with E-state index in [9.17, 15) is 13.5 Å². The van der Waals surface area contributed by atoms with E-state index in [0.29, 0.717) is 12.1 Å². The van der Waals surface area contributed by atoms with Crippen LogP contribution in [0.3, 0.4) is 0 Å². The number of aliphatic hydroxyl groups is 1. The van der Waals surface area contributed by atoms with Gasteiger partial charge < -0.3 is 5.11 Å². The molecule has 1 aliphatic rings. The third-order valence-corrected chi connectivity index (χ3v) is 5.65. The first-order valence-corrected chi connectivity index (χ1v) is 8.61. The summed E-state index contributed by atoms with van der Waals surface area (Å²) >= 11 is 3.28. The number of aliphatic hydroxyl groups excluding tert-OH is 1. The lowest BCUT2D eigenvalue weighted by Gasteiger charge is -2.16. The summed E-state index contributed by atoms with van der Waals surface area (Å²) in [5, 5.41) is 9.71. The first-order valence-electron chi connectivity index (χ1n) is 6.34. The molecule has 2 atom stereocenters. The molecule has 1 aromatic carbocycles. The molecule has 2 rings (SSSR count). The third-order valence-electron chi connectivity index (χ3n) is 3.59. The molecule has 0 amide bonds. The maximum atomic E-state index is 12.3. The molecule has 19 heavy (non-hydrogen) atoms. The van der Waals surface area contributed by atoms with Crippen LogP contribution in [0.1, 0.15) is 24.8 Å². The number of aryl methyl sites for hydroxylation is 1. The lowest BCUT2D eigenvalue weighted by atomic mass is 10.1. The Morgan fingerprint density at radius 1 is 1.42 bits per heavy atom. The summed E-state index contributed by atoms with van der Waals surface area (Å²) in [6.07, 6.45) is 2.22. The topological polar surface area (TPSA) is 66.4 Å². The van der Waals surface area contributed by atoms with Gasteiger partial charge >= 0.3 is 0 Å². The zero-order chi connectivity index (χ0) is 14.0. The van der Waals surface area contributed by atoms with Crippen LogP contribution < -0.4 is 4.72 Å². The summed E-state index contributed by atoms with van der Waals surface area (Å²) < 4.78 is 27.9. The molecule has 1 saturated carbocycles. The van der Waals surface area contributed by atoms with Crippen molar-refractivity contribution in [2.24, 2.45) is 5.92 Å². The fourth-order valence-corrected chi connectivity index (χ4v) is 4.29. The number of hydrogen-bond donors (Lipinski definition) is 2. The van der Waals surface area contributed by atoms with Gasteiger partial charge in [-0.05, 0) is 43.4 Å². The normalized spacial score (nSPS) is 23.7. The van der Waals surface area contributed by atoms with Gasteiger partial charge in [-0.25, -0.2) is 13.1 Å². The minimum Gasteiger partial charge on any atom is -0.393 e. The van der Waals surface area contributed by atoms with Gasteiger partial charge in [-0.15, -0.1) is 0 Å². The summed E-state index contributed by atoms with van der Waals surface area (Å²) in [5.74, 6) is 0.0298. The molecule has 0 saturated heterocycles. The van der Waals surface area contributed by atoms with Crippen molar-refractivity contribution in [3.8, 4) is 0 Å². The van der Waals surface area contributed by atoms with Gasteiger partial charge in [-0.1, -0.05) is 28.4 Å². The molecule has 0 spiro atoms.